The van der Waals surface area contributed by atoms with Gasteiger partial charge in [-0.1, -0.05) is 6.92 Å². The second-order valence-electron chi connectivity index (χ2n) is 4.59. The average Bonchev–Trinajstić information content (AvgIpc) is 2.27. The zero-order valence-corrected chi connectivity index (χ0v) is 11.9. The molecule has 0 atom stereocenters. The molecule has 0 aromatic rings. The van der Waals surface area contributed by atoms with Crippen LogP contribution in [0.1, 0.15) is 53.4 Å². The van der Waals surface area contributed by atoms with E-state index in [2.05, 4.69) is 0 Å². The summed E-state index contributed by atoms with van der Waals surface area (Å²) in [7, 11) is 0. The highest BCUT2D eigenvalue weighted by Crippen LogP contribution is 2.26. The first kappa shape index (κ1) is 17.4. The van der Waals surface area contributed by atoms with Gasteiger partial charge in [-0.3, -0.25) is 24.0 Å². The van der Waals surface area contributed by atoms with Crippen LogP contribution in [0.3, 0.4) is 0 Å². The predicted octanol–water partition coefficient (Wildman–Crippen LogP) is 1.46. The molecule has 0 fully saturated rings. The summed E-state index contributed by atoms with van der Waals surface area (Å²) in [6.07, 6.45) is 0.725. The fraction of sp³-hybridized carbons (Fsp3) is 0.643. The highest BCUT2D eigenvalue weighted by molar-refractivity contribution is 6.37. The minimum absolute atomic E-state index is 0.00637. The normalized spacial score (nSPS) is 10.9. The van der Waals surface area contributed by atoms with Crippen LogP contribution in [0.15, 0.2) is 0 Å². The molecule has 0 spiro atoms. The monoisotopic (exact) mass is 268 g/mol. The molecule has 0 aliphatic heterocycles. The molecule has 19 heavy (non-hydrogen) atoms. The van der Waals surface area contributed by atoms with E-state index in [-0.39, 0.29) is 25.0 Å². The number of carbonyl (C=O) groups excluding carboxylic acids is 5. The fourth-order valence-corrected chi connectivity index (χ4v) is 2.14. The topological polar surface area (TPSA) is 85.3 Å². The molecular weight excluding hydrogens is 248 g/mol. The third kappa shape index (κ3) is 3.66. The van der Waals surface area contributed by atoms with Crippen molar-refractivity contribution in [1.29, 1.82) is 0 Å². The van der Waals surface area contributed by atoms with E-state index < -0.39 is 28.5 Å². The predicted molar refractivity (Wildman–Crippen MR) is 68.6 cm³/mol. The number of Topliss-reactive ketones (excluding diaryl/α,β-unsaturated/α-hetero) is 5. The smallest absolute Gasteiger partial charge is 0.202 e. The zero-order valence-electron chi connectivity index (χ0n) is 11.9. The first-order valence-corrected chi connectivity index (χ1v) is 6.29. The molecule has 0 unspecified atom stereocenters. The number of hydrogen-bond donors (Lipinski definition) is 0. The van der Waals surface area contributed by atoms with Crippen LogP contribution >= 0.6 is 0 Å². The van der Waals surface area contributed by atoms with Gasteiger partial charge in [-0.25, -0.2) is 0 Å². The van der Waals surface area contributed by atoms with Crippen molar-refractivity contribution in [2.24, 2.45) is 5.41 Å². The van der Waals surface area contributed by atoms with Crippen molar-refractivity contribution in [3.63, 3.8) is 0 Å². The van der Waals surface area contributed by atoms with E-state index in [0.29, 0.717) is 6.42 Å². The van der Waals surface area contributed by atoms with E-state index in [1.165, 1.54) is 0 Å². The molecule has 0 radical (unpaired) electrons. The van der Waals surface area contributed by atoms with Gasteiger partial charge in [0.05, 0.1) is 0 Å². The summed E-state index contributed by atoms with van der Waals surface area (Å²) in [5, 5.41) is 0. The fourth-order valence-electron chi connectivity index (χ4n) is 2.14. The molecule has 106 valence electrons. The summed E-state index contributed by atoms with van der Waals surface area (Å²) in [5.41, 5.74) is -2.17. The van der Waals surface area contributed by atoms with Crippen LogP contribution in [0.4, 0.5) is 0 Å². The lowest BCUT2D eigenvalue weighted by Crippen LogP contribution is -2.49. The number of hydrogen-bond acceptors (Lipinski definition) is 5. The van der Waals surface area contributed by atoms with Crippen LogP contribution in [-0.2, 0) is 24.0 Å². The maximum absolute atomic E-state index is 12.1. The van der Waals surface area contributed by atoms with Crippen LogP contribution in [-0.4, -0.2) is 28.9 Å². The molecule has 0 rings (SSSR count). The molecule has 0 aromatic carbocycles. The standard InChI is InChI=1S/C14H20O5/c1-5-12(18)7-6-8-13(19)14(9(2)15,10(3)16)11(4)17/h5-8H2,1-4H3. The Kier molecular flexibility index (Phi) is 6.45. The van der Waals surface area contributed by atoms with Gasteiger partial charge in [0.15, 0.2) is 23.1 Å². The van der Waals surface area contributed by atoms with Gasteiger partial charge in [-0.05, 0) is 27.2 Å². The molecule has 0 aliphatic rings. The summed E-state index contributed by atoms with van der Waals surface area (Å²) < 4.78 is 0. The van der Waals surface area contributed by atoms with Crippen LogP contribution in [0.2, 0.25) is 0 Å². The molecule has 0 saturated heterocycles. The highest BCUT2D eigenvalue weighted by Gasteiger charge is 2.51. The van der Waals surface area contributed by atoms with Gasteiger partial charge in [0.1, 0.15) is 5.78 Å². The third-order valence-electron chi connectivity index (χ3n) is 3.26. The Bertz CT molecular complexity index is 384. The van der Waals surface area contributed by atoms with Gasteiger partial charge >= 0.3 is 0 Å². The maximum Gasteiger partial charge on any atom is 0.202 e. The van der Waals surface area contributed by atoms with Crippen LogP contribution in [0, 0.1) is 5.41 Å². The Labute approximate surface area is 112 Å². The first-order chi connectivity index (χ1) is 8.71. The summed E-state index contributed by atoms with van der Waals surface area (Å²) in [6, 6.07) is 0. The molecule has 5 heteroatoms. The van der Waals surface area contributed by atoms with E-state index in [1.807, 2.05) is 0 Å². The minimum Gasteiger partial charge on any atom is -0.300 e. The largest absolute Gasteiger partial charge is 0.300 e. The van der Waals surface area contributed by atoms with Crippen LogP contribution in [0.25, 0.3) is 0 Å². The van der Waals surface area contributed by atoms with E-state index in [4.69, 9.17) is 0 Å². The van der Waals surface area contributed by atoms with Gasteiger partial charge in [-0.15, -0.1) is 0 Å². The van der Waals surface area contributed by atoms with E-state index in [9.17, 15) is 24.0 Å². The summed E-state index contributed by atoms with van der Waals surface area (Å²) in [6.45, 7) is 4.92. The number of rotatable bonds is 9. The van der Waals surface area contributed by atoms with Crippen molar-refractivity contribution in [3.05, 3.63) is 0 Å². The molecule has 0 heterocycles. The van der Waals surface area contributed by atoms with Gasteiger partial charge in [0.25, 0.3) is 0 Å². The molecule has 0 N–H and O–H groups in total. The third-order valence-corrected chi connectivity index (χ3v) is 3.26. The maximum atomic E-state index is 12.1. The lowest BCUT2D eigenvalue weighted by molar-refractivity contribution is -0.152. The first-order valence-electron chi connectivity index (χ1n) is 6.29. The van der Waals surface area contributed by atoms with E-state index in [1.54, 1.807) is 6.92 Å². The van der Waals surface area contributed by atoms with E-state index in [0.717, 1.165) is 20.8 Å². The highest BCUT2D eigenvalue weighted by atomic mass is 16.2. The summed E-state index contributed by atoms with van der Waals surface area (Å²) >= 11 is 0. The Morgan fingerprint density at radius 3 is 1.53 bits per heavy atom. The van der Waals surface area contributed by atoms with Gasteiger partial charge < -0.3 is 0 Å². The van der Waals surface area contributed by atoms with Crippen molar-refractivity contribution in [1.82, 2.24) is 0 Å². The van der Waals surface area contributed by atoms with Crippen molar-refractivity contribution < 1.29 is 24.0 Å². The molecule has 5 nitrogen and oxygen atoms in total. The van der Waals surface area contributed by atoms with Crippen molar-refractivity contribution in [2.75, 3.05) is 0 Å². The van der Waals surface area contributed by atoms with Crippen molar-refractivity contribution >= 4 is 28.9 Å². The Balaban J connectivity index is 5.05. The molecule has 0 amide bonds. The second-order valence-corrected chi connectivity index (χ2v) is 4.59. The van der Waals surface area contributed by atoms with E-state index >= 15 is 0 Å². The van der Waals surface area contributed by atoms with Crippen LogP contribution in [0.5, 0.6) is 0 Å². The van der Waals surface area contributed by atoms with Crippen LogP contribution < -0.4 is 0 Å². The van der Waals surface area contributed by atoms with Crippen molar-refractivity contribution in [2.45, 2.75) is 53.4 Å². The molecule has 0 bridgehead atoms. The number of ketones is 5. The molecule has 0 aliphatic carbocycles. The zero-order chi connectivity index (χ0) is 15.2. The van der Waals surface area contributed by atoms with Gasteiger partial charge in [0, 0.05) is 19.3 Å². The summed E-state index contributed by atoms with van der Waals surface area (Å²) in [4.78, 5) is 58.1. The SMILES string of the molecule is CCC(=O)CCCC(=O)C(C(C)=O)(C(C)=O)C(C)=O. The lowest BCUT2D eigenvalue weighted by Gasteiger charge is -2.23. The van der Waals surface area contributed by atoms with Gasteiger partial charge in [0.2, 0.25) is 5.41 Å². The Morgan fingerprint density at radius 1 is 0.789 bits per heavy atom. The van der Waals surface area contributed by atoms with Gasteiger partial charge in [-0.2, -0.15) is 0 Å². The molecule has 0 aromatic heterocycles. The molecular formula is C14H20O5. The average molecular weight is 268 g/mol. The Morgan fingerprint density at radius 2 is 1.21 bits per heavy atom. The lowest BCUT2D eigenvalue weighted by atomic mass is 9.72. The number of carbonyl (C=O) groups is 5. The molecule has 0 saturated carbocycles. The quantitative estimate of drug-likeness (QED) is 0.591. The van der Waals surface area contributed by atoms with Crippen molar-refractivity contribution in [3.8, 4) is 0 Å². The second kappa shape index (κ2) is 7.07. The minimum atomic E-state index is -2.17. The Hall–Kier alpha value is -1.65. The summed E-state index contributed by atoms with van der Waals surface area (Å²) in [5.74, 6) is -2.95.